The van der Waals surface area contributed by atoms with E-state index >= 15 is 0 Å². The van der Waals surface area contributed by atoms with Crippen LogP contribution < -0.4 is 0 Å². The summed E-state index contributed by atoms with van der Waals surface area (Å²) in [6.07, 6.45) is 6.10. The Morgan fingerprint density at radius 2 is 1.03 bits per heavy atom. The van der Waals surface area contributed by atoms with Crippen molar-refractivity contribution in [3.8, 4) is 22.6 Å². The van der Waals surface area contributed by atoms with Crippen LogP contribution in [0.2, 0.25) is 0 Å². The van der Waals surface area contributed by atoms with Gasteiger partial charge >= 0.3 is 0 Å². The van der Waals surface area contributed by atoms with Crippen molar-refractivity contribution in [2.75, 3.05) is 0 Å². The number of rotatable bonds is 1. The van der Waals surface area contributed by atoms with Gasteiger partial charge in [-0.2, -0.15) is 0 Å². The van der Waals surface area contributed by atoms with Gasteiger partial charge in [0.2, 0.25) is 0 Å². The Kier molecular flexibility index (Phi) is 3.63. The van der Waals surface area contributed by atoms with Crippen LogP contribution in [0, 0.1) is 0 Å². The average molecular weight is 388 g/mol. The first-order valence-electron chi connectivity index (χ1n) is 10.3. The van der Waals surface area contributed by atoms with Crippen molar-refractivity contribution in [1.82, 2.24) is 0 Å². The maximum atomic E-state index is 11.5. The van der Waals surface area contributed by atoms with Crippen molar-refractivity contribution in [3.63, 3.8) is 0 Å². The zero-order chi connectivity index (χ0) is 20.2. The second-order valence-corrected chi connectivity index (χ2v) is 7.92. The molecule has 5 aromatic rings. The molecular weight excluding hydrogens is 368 g/mol. The maximum Gasteiger partial charge on any atom is 0.132 e. The highest BCUT2D eigenvalue weighted by molar-refractivity contribution is 6.19. The van der Waals surface area contributed by atoms with Crippen molar-refractivity contribution in [2.45, 2.75) is 12.8 Å². The van der Waals surface area contributed by atoms with E-state index in [0.717, 1.165) is 67.4 Å². The van der Waals surface area contributed by atoms with Gasteiger partial charge in [-0.05, 0) is 45.5 Å². The second kappa shape index (κ2) is 6.36. The summed E-state index contributed by atoms with van der Waals surface area (Å²) in [5.74, 6) is 0.474. The Labute approximate surface area is 174 Å². The number of aromatic hydroxyl groups is 2. The Morgan fingerprint density at radius 3 is 1.73 bits per heavy atom. The van der Waals surface area contributed by atoms with Crippen LogP contribution in [0.15, 0.2) is 78.9 Å². The van der Waals surface area contributed by atoms with Gasteiger partial charge in [0.25, 0.3) is 0 Å². The van der Waals surface area contributed by atoms with Gasteiger partial charge in [-0.3, -0.25) is 0 Å². The third-order valence-corrected chi connectivity index (χ3v) is 6.34. The number of fused-ring (bicyclic) bond motifs is 6. The normalized spacial score (nSPS) is 13.2. The molecule has 0 spiro atoms. The maximum absolute atomic E-state index is 11.5. The van der Waals surface area contributed by atoms with E-state index in [-0.39, 0.29) is 11.5 Å². The van der Waals surface area contributed by atoms with Crippen molar-refractivity contribution < 1.29 is 10.2 Å². The predicted molar refractivity (Wildman–Crippen MR) is 125 cm³/mol. The van der Waals surface area contributed by atoms with Gasteiger partial charge in [0.1, 0.15) is 11.5 Å². The molecule has 0 saturated heterocycles. The first kappa shape index (κ1) is 17.1. The SMILES string of the molecule is Oc1c(-c2c(O)c3ccccc3c3ccccc23)c2c(c3ccccc13)C=CCC2. The molecule has 30 heavy (non-hydrogen) atoms. The highest BCUT2D eigenvalue weighted by Crippen LogP contribution is 2.51. The number of benzene rings is 5. The first-order valence-corrected chi connectivity index (χ1v) is 10.3. The van der Waals surface area contributed by atoms with E-state index in [0.29, 0.717) is 0 Å². The van der Waals surface area contributed by atoms with Crippen molar-refractivity contribution in [3.05, 3.63) is 90.0 Å². The summed E-state index contributed by atoms with van der Waals surface area (Å²) >= 11 is 0. The third-order valence-electron chi connectivity index (χ3n) is 6.34. The van der Waals surface area contributed by atoms with E-state index in [1.165, 1.54) is 0 Å². The Hall–Kier alpha value is -3.78. The van der Waals surface area contributed by atoms with Crippen LogP contribution in [0.25, 0.3) is 49.5 Å². The van der Waals surface area contributed by atoms with E-state index in [1.807, 2.05) is 60.7 Å². The van der Waals surface area contributed by atoms with E-state index in [2.05, 4.69) is 24.3 Å². The van der Waals surface area contributed by atoms with Crippen LogP contribution in [0.4, 0.5) is 0 Å². The summed E-state index contributed by atoms with van der Waals surface area (Å²) in [5, 5.41) is 28.7. The molecule has 0 amide bonds. The lowest BCUT2D eigenvalue weighted by molar-refractivity contribution is 0.475. The standard InChI is InChI=1S/C28H20O2/c29-27-23-15-7-3-11-19(23)17-9-1-5-13-21(17)25(27)26-22-14-6-2-10-18(22)20-12-4-8-16-24(20)28(26)30/h1-5,7-13,15-16,29-30H,6,14H2. The molecular formula is C28H20O2. The minimum Gasteiger partial charge on any atom is -0.507 e. The summed E-state index contributed by atoms with van der Waals surface area (Å²) < 4.78 is 0. The molecule has 0 saturated carbocycles. The van der Waals surface area contributed by atoms with Gasteiger partial charge < -0.3 is 10.2 Å². The highest BCUT2D eigenvalue weighted by atomic mass is 16.3. The molecule has 0 atom stereocenters. The number of hydrogen-bond donors (Lipinski definition) is 2. The van der Waals surface area contributed by atoms with Gasteiger partial charge in [0, 0.05) is 21.9 Å². The highest BCUT2D eigenvalue weighted by Gasteiger charge is 2.25. The van der Waals surface area contributed by atoms with Crippen molar-refractivity contribution in [2.24, 2.45) is 0 Å². The Bertz CT molecular complexity index is 1510. The van der Waals surface area contributed by atoms with Crippen LogP contribution in [0.3, 0.4) is 0 Å². The minimum absolute atomic E-state index is 0.228. The van der Waals surface area contributed by atoms with Gasteiger partial charge in [-0.15, -0.1) is 0 Å². The van der Waals surface area contributed by atoms with E-state index in [9.17, 15) is 10.2 Å². The van der Waals surface area contributed by atoms with Gasteiger partial charge in [-0.1, -0.05) is 84.9 Å². The van der Waals surface area contributed by atoms with Crippen LogP contribution in [-0.4, -0.2) is 10.2 Å². The summed E-state index contributed by atoms with van der Waals surface area (Å²) in [4.78, 5) is 0. The molecule has 2 N–H and O–H groups in total. The summed E-state index contributed by atoms with van der Waals surface area (Å²) in [5.41, 5.74) is 3.72. The van der Waals surface area contributed by atoms with Crippen molar-refractivity contribution in [1.29, 1.82) is 0 Å². The van der Waals surface area contributed by atoms with Gasteiger partial charge in [-0.25, -0.2) is 0 Å². The molecule has 0 aromatic heterocycles. The lowest BCUT2D eigenvalue weighted by atomic mass is 9.82. The summed E-state index contributed by atoms with van der Waals surface area (Å²) in [7, 11) is 0. The molecule has 0 radical (unpaired) electrons. The molecule has 2 heteroatoms. The largest absolute Gasteiger partial charge is 0.507 e. The molecule has 0 aliphatic heterocycles. The zero-order valence-corrected chi connectivity index (χ0v) is 16.4. The fraction of sp³-hybridized carbons (Fsp3) is 0.0714. The topological polar surface area (TPSA) is 40.5 Å². The van der Waals surface area contributed by atoms with Gasteiger partial charge in [0.15, 0.2) is 0 Å². The third kappa shape index (κ3) is 2.25. The smallest absolute Gasteiger partial charge is 0.132 e. The lowest BCUT2D eigenvalue weighted by Gasteiger charge is -2.23. The molecule has 0 heterocycles. The quantitative estimate of drug-likeness (QED) is 0.299. The Balaban J connectivity index is 1.87. The molecule has 1 aliphatic rings. The summed E-state index contributed by atoms with van der Waals surface area (Å²) in [6.45, 7) is 0. The fourth-order valence-corrected chi connectivity index (χ4v) is 5.02. The van der Waals surface area contributed by atoms with E-state index < -0.39 is 0 Å². The molecule has 1 aliphatic carbocycles. The number of phenols is 2. The molecule has 2 nitrogen and oxygen atoms in total. The van der Waals surface area contributed by atoms with Crippen LogP contribution in [-0.2, 0) is 6.42 Å². The Morgan fingerprint density at radius 1 is 0.533 bits per heavy atom. The number of hydrogen-bond acceptors (Lipinski definition) is 2. The molecule has 5 aromatic carbocycles. The molecule has 0 unspecified atom stereocenters. The first-order chi connectivity index (χ1) is 14.8. The number of allylic oxidation sites excluding steroid dienone is 1. The van der Waals surface area contributed by atoms with Crippen LogP contribution in [0.1, 0.15) is 17.5 Å². The molecule has 0 fully saturated rings. The lowest BCUT2D eigenvalue weighted by Crippen LogP contribution is -2.01. The summed E-state index contributed by atoms with van der Waals surface area (Å²) in [6, 6.07) is 24.0. The fourth-order valence-electron chi connectivity index (χ4n) is 5.02. The zero-order valence-electron chi connectivity index (χ0n) is 16.4. The molecule has 144 valence electrons. The molecule has 6 rings (SSSR count). The monoisotopic (exact) mass is 388 g/mol. The van der Waals surface area contributed by atoms with E-state index in [4.69, 9.17) is 0 Å². The molecule has 0 bridgehead atoms. The minimum atomic E-state index is 0.228. The number of phenolic OH excluding ortho intramolecular Hbond substituents is 2. The predicted octanol–water partition coefficient (Wildman–Crippen LogP) is 7.18. The van der Waals surface area contributed by atoms with Gasteiger partial charge in [0.05, 0.1) is 0 Å². The van der Waals surface area contributed by atoms with Crippen molar-refractivity contribution >= 4 is 38.4 Å². The van der Waals surface area contributed by atoms with Crippen LogP contribution in [0.5, 0.6) is 11.5 Å². The van der Waals surface area contributed by atoms with E-state index in [1.54, 1.807) is 0 Å². The van der Waals surface area contributed by atoms with Crippen LogP contribution >= 0.6 is 0 Å². The average Bonchev–Trinajstić information content (AvgIpc) is 2.81. The second-order valence-electron chi connectivity index (χ2n) is 7.92.